The molecule has 7 heteroatoms. The molecule has 2 aromatic rings. The van der Waals surface area contributed by atoms with Gasteiger partial charge in [-0.05, 0) is 36.0 Å². The second kappa shape index (κ2) is 7.03. The number of tetrazole rings is 1. The normalized spacial score (nSPS) is 12.2. The highest BCUT2D eigenvalue weighted by atomic mass is 16.5. The first kappa shape index (κ1) is 15.2. The molecule has 0 fully saturated rings. The molecule has 0 saturated heterocycles. The second-order valence-electron chi connectivity index (χ2n) is 4.65. The van der Waals surface area contributed by atoms with Crippen molar-refractivity contribution in [3.8, 4) is 11.5 Å². The number of aromatic nitrogens is 4. The fourth-order valence-corrected chi connectivity index (χ4v) is 2.18. The maximum absolute atomic E-state index is 5.41. The Morgan fingerprint density at radius 2 is 2.10 bits per heavy atom. The van der Waals surface area contributed by atoms with Gasteiger partial charge in [-0.1, -0.05) is 6.92 Å². The average molecular weight is 291 g/mol. The van der Waals surface area contributed by atoms with Gasteiger partial charge < -0.3 is 14.8 Å². The van der Waals surface area contributed by atoms with Crippen LogP contribution in [-0.2, 0) is 6.54 Å². The zero-order valence-electron chi connectivity index (χ0n) is 12.8. The zero-order valence-corrected chi connectivity index (χ0v) is 12.8. The van der Waals surface area contributed by atoms with Crippen LogP contribution in [0.15, 0.2) is 18.2 Å². The molecule has 0 aliphatic carbocycles. The Morgan fingerprint density at radius 3 is 2.76 bits per heavy atom. The summed E-state index contributed by atoms with van der Waals surface area (Å²) in [6.07, 6.45) is 0. The number of nitrogens with zero attached hydrogens (tertiary/aromatic N) is 4. The van der Waals surface area contributed by atoms with E-state index < -0.39 is 0 Å². The SMILES string of the molecule is CCNC(C)c1nnnn1Cc1ccc(OC)cc1OC. The van der Waals surface area contributed by atoms with Crippen molar-refractivity contribution in [1.82, 2.24) is 25.5 Å². The molecule has 0 saturated carbocycles. The van der Waals surface area contributed by atoms with Crippen molar-refractivity contribution in [3.63, 3.8) is 0 Å². The summed E-state index contributed by atoms with van der Waals surface area (Å²) in [5.41, 5.74) is 0.996. The van der Waals surface area contributed by atoms with Gasteiger partial charge in [-0.25, -0.2) is 4.68 Å². The van der Waals surface area contributed by atoms with Crippen LogP contribution in [0.25, 0.3) is 0 Å². The van der Waals surface area contributed by atoms with Gasteiger partial charge in [-0.15, -0.1) is 5.10 Å². The molecule has 0 aliphatic rings. The van der Waals surface area contributed by atoms with Crippen LogP contribution in [0.4, 0.5) is 0 Å². The van der Waals surface area contributed by atoms with Crippen molar-refractivity contribution in [2.75, 3.05) is 20.8 Å². The van der Waals surface area contributed by atoms with Crippen LogP contribution in [0.1, 0.15) is 31.3 Å². The van der Waals surface area contributed by atoms with Crippen LogP contribution in [0.3, 0.4) is 0 Å². The van der Waals surface area contributed by atoms with E-state index in [0.29, 0.717) is 6.54 Å². The summed E-state index contributed by atoms with van der Waals surface area (Å²) in [4.78, 5) is 0. The molecule has 1 aromatic heterocycles. The van der Waals surface area contributed by atoms with Crippen LogP contribution in [0.5, 0.6) is 11.5 Å². The van der Waals surface area contributed by atoms with Crippen molar-refractivity contribution in [2.45, 2.75) is 26.4 Å². The van der Waals surface area contributed by atoms with Crippen LogP contribution in [0, 0.1) is 0 Å². The topological polar surface area (TPSA) is 74.1 Å². The summed E-state index contributed by atoms with van der Waals surface area (Å²) in [5.74, 6) is 2.31. The van der Waals surface area contributed by atoms with Gasteiger partial charge in [-0.2, -0.15) is 0 Å². The standard InChI is InChI=1S/C14H21N5O2/c1-5-15-10(2)14-16-17-18-19(14)9-11-6-7-12(20-3)8-13(11)21-4/h6-8,10,15H,5,9H2,1-4H3. The molecular formula is C14H21N5O2. The van der Waals surface area contributed by atoms with E-state index in [1.165, 1.54) is 0 Å². The summed E-state index contributed by atoms with van der Waals surface area (Å²) < 4.78 is 12.4. The number of benzene rings is 1. The quantitative estimate of drug-likeness (QED) is 0.831. The molecule has 1 N–H and O–H groups in total. The number of hydrogen-bond donors (Lipinski definition) is 1. The van der Waals surface area contributed by atoms with E-state index in [1.807, 2.05) is 25.1 Å². The van der Waals surface area contributed by atoms with E-state index in [2.05, 4.69) is 27.8 Å². The molecule has 0 bridgehead atoms. The molecule has 1 aromatic carbocycles. The number of rotatable bonds is 7. The minimum atomic E-state index is 0.0919. The third kappa shape index (κ3) is 3.49. The van der Waals surface area contributed by atoms with Crippen LogP contribution in [0.2, 0.25) is 0 Å². The molecule has 0 aliphatic heterocycles. The Kier molecular flexibility index (Phi) is 5.10. The first-order valence-electron chi connectivity index (χ1n) is 6.90. The van der Waals surface area contributed by atoms with Gasteiger partial charge in [0, 0.05) is 11.6 Å². The van der Waals surface area contributed by atoms with Gasteiger partial charge in [0.25, 0.3) is 0 Å². The molecule has 0 radical (unpaired) electrons. The summed E-state index contributed by atoms with van der Waals surface area (Å²) in [6.45, 7) is 5.50. The fraction of sp³-hybridized carbons (Fsp3) is 0.500. The largest absolute Gasteiger partial charge is 0.497 e. The van der Waals surface area contributed by atoms with Gasteiger partial charge in [0.15, 0.2) is 5.82 Å². The Bertz CT molecular complexity index is 584. The van der Waals surface area contributed by atoms with Crippen molar-refractivity contribution in [2.24, 2.45) is 0 Å². The first-order valence-corrected chi connectivity index (χ1v) is 6.90. The zero-order chi connectivity index (χ0) is 15.2. The molecular weight excluding hydrogens is 270 g/mol. The third-order valence-electron chi connectivity index (χ3n) is 3.27. The summed E-state index contributed by atoms with van der Waals surface area (Å²) in [5, 5.41) is 15.2. The Hall–Kier alpha value is -2.15. The fourth-order valence-electron chi connectivity index (χ4n) is 2.18. The molecule has 2 rings (SSSR count). The first-order chi connectivity index (χ1) is 10.2. The lowest BCUT2D eigenvalue weighted by molar-refractivity contribution is 0.388. The van der Waals surface area contributed by atoms with Crippen molar-refractivity contribution < 1.29 is 9.47 Å². The van der Waals surface area contributed by atoms with Crippen LogP contribution >= 0.6 is 0 Å². The number of nitrogens with one attached hydrogen (secondary N) is 1. The predicted molar refractivity (Wildman–Crippen MR) is 78.6 cm³/mol. The molecule has 1 atom stereocenters. The molecule has 1 unspecified atom stereocenters. The maximum Gasteiger partial charge on any atom is 0.168 e. The molecule has 0 spiro atoms. The maximum atomic E-state index is 5.41. The highest BCUT2D eigenvalue weighted by Crippen LogP contribution is 2.25. The lowest BCUT2D eigenvalue weighted by Gasteiger charge is -2.14. The second-order valence-corrected chi connectivity index (χ2v) is 4.65. The summed E-state index contributed by atoms with van der Waals surface area (Å²) in [6, 6.07) is 5.80. The van der Waals surface area contributed by atoms with E-state index in [1.54, 1.807) is 18.9 Å². The van der Waals surface area contributed by atoms with E-state index in [9.17, 15) is 0 Å². The van der Waals surface area contributed by atoms with Gasteiger partial charge >= 0.3 is 0 Å². The highest BCUT2D eigenvalue weighted by molar-refractivity contribution is 5.40. The van der Waals surface area contributed by atoms with Gasteiger partial charge in [0.05, 0.1) is 26.8 Å². The van der Waals surface area contributed by atoms with Crippen molar-refractivity contribution >= 4 is 0 Å². The van der Waals surface area contributed by atoms with Gasteiger partial charge in [0.1, 0.15) is 11.5 Å². The molecule has 0 amide bonds. The number of hydrogen-bond acceptors (Lipinski definition) is 6. The van der Waals surface area contributed by atoms with Gasteiger partial charge in [0.2, 0.25) is 0 Å². The minimum Gasteiger partial charge on any atom is -0.497 e. The van der Waals surface area contributed by atoms with Gasteiger partial charge in [-0.3, -0.25) is 0 Å². The summed E-state index contributed by atoms with van der Waals surface area (Å²) >= 11 is 0. The van der Waals surface area contributed by atoms with Crippen LogP contribution in [-0.4, -0.2) is 41.0 Å². The highest BCUT2D eigenvalue weighted by Gasteiger charge is 2.15. The molecule has 1 heterocycles. The van der Waals surface area contributed by atoms with E-state index >= 15 is 0 Å². The molecule has 114 valence electrons. The molecule has 7 nitrogen and oxygen atoms in total. The number of methoxy groups -OCH3 is 2. The third-order valence-corrected chi connectivity index (χ3v) is 3.27. The summed E-state index contributed by atoms with van der Waals surface area (Å²) in [7, 11) is 3.27. The van der Waals surface area contributed by atoms with Crippen LogP contribution < -0.4 is 14.8 Å². The van der Waals surface area contributed by atoms with E-state index in [0.717, 1.165) is 29.4 Å². The Labute approximate surface area is 124 Å². The number of ether oxygens (including phenoxy) is 2. The lowest BCUT2D eigenvalue weighted by atomic mass is 10.2. The lowest BCUT2D eigenvalue weighted by Crippen LogP contribution is -2.22. The smallest absolute Gasteiger partial charge is 0.168 e. The average Bonchev–Trinajstić information content (AvgIpc) is 2.96. The van der Waals surface area contributed by atoms with E-state index in [4.69, 9.17) is 9.47 Å². The van der Waals surface area contributed by atoms with Crippen molar-refractivity contribution in [1.29, 1.82) is 0 Å². The monoisotopic (exact) mass is 291 g/mol. The Morgan fingerprint density at radius 1 is 1.29 bits per heavy atom. The Balaban J connectivity index is 2.24. The molecule has 21 heavy (non-hydrogen) atoms. The predicted octanol–water partition coefficient (Wildman–Crippen LogP) is 1.41. The van der Waals surface area contributed by atoms with E-state index in [-0.39, 0.29) is 6.04 Å². The minimum absolute atomic E-state index is 0.0919. The van der Waals surface area contributed by atoms with Crippen molar-refractivity contribution in [3.05, 3.63) is 29.6 Å².